The van der Waals surface area contributed by atoms with Gasteiger partial charge in [-0.3, -0.25) is 14.5 Å². The standard InChI is InChI=1S/C27H29Cl2N3O3S/c1-4-35-20-14-12-18(13-15-20)24(26(33)30-19-9-5-6-10-19)32(21-11-7-8-16(2)17(21)3)27(34)23-22(28)25(29)36-31-23/h7-8,11-15,19,24H,4-6,9-10H2,1-3H3,(H,30,33)/t24-/m1/s1. The van der Waals surface area contributed by atoms with Crippen LogP contribution in [0.5, 0.6) is 5.75 Å². The van der Waals surface area contributed by atoms with Crippen molar-refractivity contribution in [1.29, 1.82) is 0 Å². The van der Waals surface area contributed by atoms with Gasteiger partial charge in [0, 0.05) is 11.7 Å². The molecule has 2 aromatic carbocycles. The first kappa shape index (κ1) is 26.5. The van der Waals surface area contributed by atoms with Gasteiger partial charge in [-0.2, -0.15) is 4.37 Å². The number of ether oxygens (including phenoxy) is 1. The number of aryl methyl sites for hydroxylation is 1. The van der Waals surface area contributed by atoms with Gasteiger partial charge in [0.15, 0.2) is 5.69 Å². The number of carbonyl (C=O) groups excluding carboxylic acids is 2. The van der Waals surface area contributed by atoms with Crippen molar-refractivity contribution in [2.75, 3.05) is 11.5 Å². The molecule has 1 aliphatic carbocycles. The summed E-state index contributed by atoms with van der Waals surface area (Å²) in [6.07, 6.45) is 4.00. The predicted octanol–water partition coefficient (Wildman–Crippen LogP) is 6.91. The van der Waals surface area contributed by atoms with Gasteiger partial charge in [-0.1, -0.05) is 60.3 Å². The minimum Gasteiger partial charge on any atom is -0.494 e. The number of aromatic nitrogens is 1. The fourth-order valence-corrected chi connectivity index (χ4v) is 5.54. The smallest absolute Gasteiger partial charge is 0.280 e. The fraction of sp³-hybridized carbons (Fsp3) is 0.370. The maximum atomic E-state index is 14.1. The fourth-order valence-electron chi connectivity index (χ4n) is 4.55. The van der Waals surface area contributed by atoms with Crippen molar-refractivity contribution in [2.45, 2.75) is 58.5 Å². The van der Waals surface area contributed by atoms with Crippen molar-refractivity contribution >= 4 is 52.2 Å². The topological polar surface area (TPSA) is 71.5 Å². The average molecular weight is 547 g/mol. The molecule has 0 bridgehead atoms. The van der Waals surface area contributed by atoms with E-state index in [4.69, 9.17) is 27.9 Å². The van der Waals surface area contributed by atoms with Crippen LogP contribution >= 0.6 is 34.7 Å². The molecular weight excluding hydrogens is 517 g/mol. The lowest BCUT2D eigenvalue weighted by molar-refractivity contribution is -0.123. The monoisotopic (exact) mass is 545 g/mol. The lowest BCUT2D eigenvalue weighted by Gasteiger charge is -2.33. The van der Waals surface area contributed by atoms with Gasteiger partial charge in [0.1, 0.15) is 21.2 Å². The van der Waals surface area contributed by atoms with Gasteiger partial charge in [0.25, 0.3) is 5.91 Å². The Morgan fingerprint density at radius 2 is 1.83 bits per heavy atom. The van der Waals surface area contributed by atoms with Gasteiger partial charge in [0.2, 0.25) is 5.91 Å². The third kappa shape index (κ3) is 5.53. The Morgan fingerprint density at radius 3 is 2.44 bits per heavy atom. The second-order valence-electron chi connectivity index (χ2n) is 8.91. The molecule has 190 valence electrons. The van der Waals surface area contributed by atoms with E-state index in [-0.39, 0.29) is 27.0 Å². The maximum absolute atomic E-state index is 14.1. The number of benzene rings is 2. The van der Waals surface area contributed by atoms with E-state index in [1.807, 2.05) is 63.2 Å². The first-order chi connectivity index (χ1) is 17.3. The molecule has 1 fully saturated rings. The highest BCUT2D eigenvalue weighted by molar-refractivity contribution is 7.11. The van der Waals surface area contributed by atoms with Crippen LogP contribution in [-0.2, 0) is 4.79 Å². The third-order valence-corrected chi connectivity index (χ3v) is 8.18. The van der Waals surface area contributed by atoms with Gasteiger partial charge in [-0.25, -0.2) is 0 Å². The van der Waals surface area contributed by atoms with Gasteiger partial charge in [0.05, 0.1) is 6.61 Å². The van der Waals surface area contributed by atoms with Crippen LogP contribution in [0.3, 0.4) is 0 Å². The van der Waals surface area contributed by atoms with Crippen LogP contribution in [0.4, 0.5) is 5.69 Å². The largest absolute Gasteiger partial charge is 0.494 e. The van der Waals surface area contributed by atoms with Gasteiger partial charge in [-0.05, 0) is 80.0 Å². The summed E-state index contributed by atoms with van der Waals surface area (Å²) in [5.41, 5.74) is 3.17. The number of anilines is 1. The zero-order valence-corrected chi connectivity index (χ0v) is 22.8. The van der Waals surface area contributed by atoms with Crippen LogP contribution in [0.2, 0.25) is 9.36 Å². The molecule has 0 aliphatic heterocycles. The van der Waals surface area contributed by atoms with Crippen molar-refractivity contribution in [3.05, 3.63) is 74.2 Å². The van der Waals surface area contributed by atoms with E-state index >= 15 is 0 Å². The Balaban J connectivity index is 1.86. The average Bonchev–Trinajstić information content (AvgIpc) is 3.49. The number of rotatable bonds is 8. The Hall–Kier alpha value is -2.61. The molecule has 6 nitrogen and oxygen atoms in total. The molecule has 1 saturated carbocycles. The number of nitrogens with one attached hydrogen (secondary N) is 1. The lowest BCUT2D eigenvalue weighted by atomic mass is 9.99. The molecule has 2 amide bonds. The molecular formula is C27H29Cl2N3O3S. The lowest BCUT2D eigenvalue weighted by Crippen LogP contribution is -2.46. The second kappa shape index (κ2) is 11.6. The summed E-state index contributed by atoms with van der Waals surface area (Å²) in [5.74, 6) is -0.0507. The molecule has 4 rings (SSSR count). The van der Waals surface area contributed by atoms with E-state index in [1.165, 1.54) is 4.90 Å². The minimum absolute atomic E-state index is 0.0252. The maximum Gasteiger partial charge on any atom is 0.280 e. The number of nitrogens with zero attached hydrogens (tertiary/aromatic N) is 2. The minimum atomic E-state index is -0.953. The highest BCUT2D eigenvalue weighted by Gasteiger charge is 2.37. The molecule has 36 heavy (non-hydrogen) atoms. The van der Waals surface area contributed by atoms with E-state index in [0.29, 0.717) is 23.6 Å². The Kier molecular flexibility index (Phi) is 8.54. The van der Waals surface area contributed by atoms with Crippen molar-refractivity contribution in [3.8, 4) is 5.75 Å². The molecule has 1 heterocycles. The first-order valence-corrected chi connectivity index (χ1v) is 13.6. The summed E-state index contributed by atoms with van der Waals surface area (Å²) in [6, 6.07) is 12.1. The van der Waals surface area contributed by atoms with E-state index in [0.717, 1.165) is 48.3 Å². The van der Waals surface area contributed by atoms with Gasteiger partial charge in [-0.15, -0.1) is 0 Å². The summed E-state index contributed by atoms with van der Waals surface area (Å²) >= 11 is 13.5. The highest BCUT2D eigenvalue weighted by atomic mass is 35.5. The van der Waals surface area contributed by atoms with E-state index in [9.17, 15) is 9.59 Å². The van der Waals surface area contributed by atoms with E-state index in [1.54, 1.807) is 0 Å². The number of hydrogen-bond acceptors (Lipinski definition) is 5. The summed E-state index contributed by atoms with van der Waals surface area (Å²) in [6.45, 7) is 6.35. The normalized spacial score (nSPS) is 14.5. The molecule has 0 unspecified atom stereocenters. The van der Waals surface area contributed by atoms with Crippen LogP contribution in [-0.4, -0.2) is 28.8 Å². The van der Waals surface area contributed by atoms with Crippen LogP contribution in [0.25, 0.3) is 0 Å². The molecule has 0 spiro atoms. The first-order valence-electron chi connectivity index (χ1n) is 12.0. The molecule has 1 N–H and O–H groups in total. The summed E-state index contributed by atoms with van der Waals surface area (Å²) in [4.78, 5) is 29.5. The Bertz CT molecular complexity index is 1240. The van der Waals surface area contributed by atoms with Crippen LogP contribution in [0.15, 0.2) is 42.5 Å². The molecule has 1 atom stereocenters. The van der Waals surface area contributed by atoms with Gasteiger partial charge < -0.3 is 10.1 Å². The van der Waals surface area contributed by atoms with E-state index in [2.05, 4.69) is 9.69 Å². The Morgan fingerprint density at radius 1 is 1.14 bits per heavy atom. The number of amides is 2. The second-order valence-corrected chi connectivity index (χ2v) is 10.7. The van der Waals surface area contributed by atoms with Crippen LogP contribution in [0.1, 0.15) is 65.8 Å². The van der Waals surface area contributed by atoms with Crippen molar-refractivity contribution in [1.82, 2.24) is 9.69 Å². The van der Waals surface area contributed by atoms with E-state index < -0.39 is 11.9 Å². The van der Waals surface area contributed by atoms with Gasteiger partial charge >= 0.3 is 0 Å². The molecule has 1 aliphatic rings. The molecule has 9 heteroatoms. The quantitative estimate of drug-likeness (QED) is 0.333. The van der Waals surface area contributed by atoms with Crippen molar-refractivity contribution < 1.29 is 14.3 Å². The molecule has 0 saturated heterocycles. The summed E-state index contributed by atoms with van der Waals surface area (Å²) in [7, 11) is 0. The zero-order chi connectivity index (χ0) is 25.8. The number of halogens is 2. The summed E-state index contributed by atoms with van der Waals surface area (Å²) < 4.78 is 10.1. The number of hydrogen-bond donors (Lipinski definition) is 1. The SMILES string of the molecule is CCOc1ccc([C@H](C(=O)NC2CCCC2)N(C(=O)c2nsc(Cl)c2Cl)c2cccc(C)c2C)cc1. The van der Waals surface area contributed by atoms with Crippen LogP contribution in [0, 0.1) is 13.8 Å². The van der Waals surface area contributed by atoms with Crippen LogP contribution < -0.4 is 15.0 Å². The predicted molar refractivity (Wildman–Crippen MR) is 146 cm³/mol. The number of carbonyl (C=O) groups is 2. The molecule has 1 aromatic heterocycles. The van der Waals surface area contributed by atoms with Crippen molar-refractivity contribution in [2.24, 2.45) is 0 Å². The summed E-state index contributed by atoms with van der Waals surface area (Å²) in [5, 5.41) is 3.27. The van der Waals surface area contributed by atoms with Crippen molar-refractivity contribution in [3.63, 3.8) is 0 Å². The third-order valence-electron chi connectivity index (χ3n) is 6.57. The highest BCUT2D eigenvalue weighted by Crippen LogP contribution is 2.37. The Labute approximate surface area is 225 Å². The molecule has 3 aromatic rings. The molecule has 0 radical (unpaired) electrons. The zero-order valence-electron chi connectivity index (χ0n) is 20.5.